The monoisotopic (exact) mass is 233 g/mol. The number of aromatic nitrogens is 2. The summed E-state index contributed by atoms with van der Waals surface area (Å²) in [5.74, 6) is 0.0223. The van der Waals surface area contributed by atoms with Crippen molar-refractivity contribution in [3.05, 3.63) is 17.0 Å². The van der Waals surface area contributed by atoms with Gasteiger partial charge in [-0.05, 0) is 45.4 Å². The van der Waals surface area contributed by atoms with Gasteiger partial charge >= 0.3 is 0 Å². The van der Waals surface area contributed by atoms with Gasteiger partial charge < -0.3 is 5.32 Å². The third kappa shape index (κ3) is 1.85. The first-order valence-corrected chi connectivity index (χ1v) is 6.63. The number of amides is 1. The Kier molecular flexibility index (Phi) is 2.65. The molecule has 1 N–H and O–H groups in total. The van der Waals surface area contributed by atoms with Gasteiger partial charge in [0, 0.05) is 23.8 Å². The number of nitrogens with zero attached hydrogens (tertiary/aromatic N) is 2. The number of aryl methyl sites for hydroxylation is 1. The van der Waals surface area contributed by atoms with Crippen LogP contribution in [0.5, 0.6) is 0 Å². The second-order valence-electron chi connectivity index (χ2n) is 5.20. The van der Waals surface area contributed by atoms with Crippen molar-refractivity contribution in [2.45, 2.75) is 58.0 Å². The van der Waals surface area contributed by atoms with Gasteiger partial charge in [0.1, 0.15) is 0 Å². The molecule has 2 aliphatic rings. The topological polar surface area (TPSA) is 46.9 Å². The maximum atomic E-state index is 12.1. The lowest BCUT2D eigenvalue weighted by molar-refractivity contribution is 0.0910. The highest BCUT2D eigenvalue weighted by Crippen LogP contribution is 2.22. The van der Waals surface area contributed by atoms with Crippen LogP contribution in [0.4, 0.5) is 0 Å². The Morgan fingerprint density at radius 2 is 2.18 bits per heavy atom. The molecule has 0 spiro atoms. The second-order valence-corrected chi connectivity index (χ2v) is 5.20. The SMILES string of the molecule is Cc1c(C(=O)NC2CCC2)nn2c1CCCC2. The number of carbonyl (C=O) groups is 1. The van der Waals surface area contributed by atoms with Crippen molar-refractivity contribution in [2.24, 2.45) is 0 Å². The van der Waals surface area contributed by atoms with Crippen LogP contribution in [0.25, 0.3) is 0 Å². The van der Waals surface area contributed by atoms with Crippen molar-refractivity contribution in [1.29, 1.82) is 0 Å². The number of fused-ring (bicyclic) bond motifs is 1. The Balaban J connectivity index is 1.81. The fourth-order valence-corrected chi connectivity index (χ4v) is 2.66. The molecule has 3 rings (SSSR count). The van der Waals surface area contributed by atoms with Gasteiger partial charge in [-0.1, -0.05) is 0 Å². The smallest absolute Gasteiger partial charge is 0.272 e. The molecular formula is C13H19N3O. The molecule has 1 fully saturated rings. The van der Waals surface area contributed by atoms with Crippen LogP contribution in [0.2, 0.25) is 0 Å². The Labute approximate surface area is 101 Å². The summed E-state index contributed by atoms with van der Waals surface area (Å²) in [5, 5.41) is 7.53. The molecular weight excluding hydrogens is 214 g/mol. The third-order valence-corrected chi connectivity index (χ3v) is 4.01. The molecule has 0 saturated heterocycles. The lowest BCUT2D eigenvalue weighted by Crippen LogP contribution is -2.39. The minimum absolute atomic E-state index is 0.0223. The van der Waals surface area contributed by atoms with Gasteiger partial charge in [0.25, 0.3) is 5.91 Å². The van der Waals surface area contributed by atoms with Crippen molar-refractivity contribution in [3.8, 4) is 0 Å². The van der Waals surface area contributed by atoms with Gasteiger partial charge in [-0.2, -0.15) is 5.10 Å². The van der Waals surface area contributed by atoms with Crippen LogP contribution in [0, 0.1) is 6.92 Å². The molecule has 1 aliphatic heterocycles. The average Bonchev–Trinajstić information content (AvgIpc) is 2.62. The number of hydrogen-bond donors (Lipinski definition) is 1. The molecule has 1 aromatic heterocycles. The minimum atomic E-state index is 0.0223. The van der Waals surface area contributed by atoms with E-state index in [0.717, 1.165) is 31.4 Å². The van der Waals surface area contributed by atoms with E-state index in [9.17, 15) is 4.79 Å². The van der Waals surface area contributed by atoms with Gasteiger partial charge in [-0.15, -0.1) is 0 Å². The van der Waals surface area contributed by atoms with Crippen LogP contribution < -0.4 is 5.32 Å². The van der Waals surface area contributed by atoms with Crippen molar-refractivity contribution in [1.82, 2.24) is 15.1 Å². The zero-order valence-electron chi connectivity index (χ0n) is 10.3. The van der Waals surface area contributed by atoms with Gasteiger partial charge in [0.15, 0.2) is 5.69 Å². The number of rotatable bonds is 2. The first-order valence-electron chi connectivity index (χ1n) is 6.63. The van der Waals surface area contributed by atoms with Crippen LogP contribution in [0.15, 0.2) is 0 Å². The molecule has 0 atom stereocenters. The number of hydrogen-bond acceptors (Lipinski definition) is 2. The van der Waals surface area contributed by atoms with Crippen LogP contribution >= 0.6 is 0 Å². The average molecular weight is 233 g/mol. The predicted octanol–water partition coefficient (Wildman–Crippen LogP) is 1.81. The fourth-order valence-electron chi connectivity index (χ4n) is 2.66. The summed E-state index contributed by atoms with van der Waals surface area (Å²) < 4.78 is 2.02. The molecule has 0 radical (unpaired) electrons. The highest BCUT2D eigenvalue weighted by Gasteiger charge is 2.25. The van der Waals surface area contributed by atoms with Crippen molar-refractivity contribution < 1.29 is 4.79 Å². The summed E-state index contributed by atoms with van der Waals surface area (Å²) in [6.45, 7) is 2.99. The van der Waals surface area contributed by atoms with Crippen molar-refractivity contribution in [3.63, 3.8) is 0 Å². The molecule has 1 aromatic rings. The van der Waals surface area contributed by atoms with E-state index in [0.29, 0.717) is 11.7 Å². The first-order chi connectivity index (χ1) is 8.25. The molecule has 1 amide bonds. The minimum Gasteiger partial charge on any atom is -0.348 e. The van der Waals surface area contributed by atoms with E-state index >= 15 is 0 Å². The molecule has 0 bridgehead atoms. The molecule has 92 valence electrons. The highest BCUT2D eigenvalue weighted by molar-refractivity contribution is 5.94. The lowest BCUT2D eigenvalue weighted by Gasteiger charge is -2.25. The maximum Gasteiger partial charge on any atom is 0.272 e. The van der Waals surface area contributed by atoms with Gasteiger partial charge in [-0.3, -0.25) is 9.48 Å². The van der Waals surface area contributed by atoms with E-state index in [1.807, 2.05) is 11.6 Å². The summed E-state index contributed by atoms with van der Waals surface area (Å²) in [6, 6.07) is 0.389. The van der Waals surface area contributed by atoms with Crippen LogP contribution in [0.1, 0.15) is 53.8 Å². The normalized spacial score (nSPS) is 19.6. The van der Waals surface area contributed by atoms with E-state index < -0.39 is 0 Å². The van der Waals surface area contributed by atoms with Gasteiger partial charge in [-0.25, -0.2) is 0 Å². The molecule has 17 heavy (non-hydrogen) atoms. The zero-order chi connectivity index (χ0) is 11.8. The third-order valence-electron chi connectivity index (χ3n) is 4.01. The Hall–Kier alpha value is -1.32. The maximum absolute atomic E-state index is 12.1. The van der Waals surface area contributed by atoms with Gasteiger partial charge in [0.05, 0.1) is 0 Å². The molecule has 4 nitrogen and oxygen atoms in total. The van der Waals surface area contributed by atoms with Gasteiger partial charge in [0.2, 0.25) is 0 Å². The largest absolute Gasteiger partial charge is 0.348 e. The van der Waals surface area contributed by atoms with E-state index in [2.05, 4.69) is 10.4 Å². The fraction of sp³-hybridized carbons (Fsp3) is 0.692. The molecule has 4 heteroatoms. The summed E-state index contributed by atoms with van der Waals surface area (Å²) in [6.07, 6.45) is 6.95. The molecule has 1 aliphatic carbocycles. The number of nitrogens with one attached hydrogen (secondary N) is 1. The zero-order valence-corrected chi connectivity index (χ0v) is 10.3. The Morgan fingerprint density at radius 1 is 1.35 bits per heavy atom. The summed E-state index contributed by atoms with van der Waals surface area (Å²) >= 11 is 0. The van der Waals surface area contributed by atoms with E-state index in [-0.39, 0.29) is 5.91 Å². The first kappa shape index (κ1) is 10.8. The highest BCUT2D eigenvalue weighted by atomic mass is 16.2. The summed E-state index contributed by atoms with van der Waals surface area (Å²) in [4.78, 5) is 12.1. The van der Waals surface area contributed by atoms with E-state index in [1.165, 1.54) is 25.0 Å². The molecule has 1 saturated carbocycles. The predicted molar refractivity (Wildman–Crippen MR) is 65.0 cm³/mol. The molecule has 0 aromatic carbocycles. The van der Waals surface area contributed by atoms with E-state index in [1.54, 1.807) is 0 Å². The summed E-state index contributed by atoms with van der Waals surface area (Å²) in [5.41, 5.74) is 2.99. The summed E-state index contributed by atoms with van der Waals surface area (Å²) in [7, 11) is 0. The van der Waals surface area contributed by atoms with Crippen molar-refractivity contribution >= 4 is 5.91 Å². The molecule has 2 heterocycles. The molecule has 0 unspecified atom stereocenters. The Bertz CT molecular complexity index is 446. The van der Waals surface area contributed by atoms with E-state index in [4.69, 9.17) is 0 Å². The number of carbonyl (C=O) groups excluding carboxylic acids is 1. The van der Waals surface area contributed by atoms with Crippen molar-refractivity contribution in [2.75, 3.05) is 0 Å². The second kappa shape index (κ2) is 4.17. The standard InChI is InChI=1S/C13H19N3O/c1-9-11-7-2-3-8-16(11)15-12(9)13(17)14-10-5-4-6-10/h10H,2-8H2,1H3,(H,14,17). The van der Waals surface area contributed by atoms with Crippen LogP contribution in [0.3, 0.4) is 0 Å². The van der Waals surface area contributed by atoms with Crippen LogP contribution in [-0.4, -0.2) is 21.7 Å². The Morgan fingerprint density at radius 3 is 2.82 bits per heavy atom. The quantitative estimate of drug-likeness (QED) is 0.846. The lowest BCUT2D eigenvalue weighted by atomic mass is 9.93. The van der Waals surface area contributed by atoms with Crippen LogP contribution in [-0.2, 0) is 13.0 Å².